The van der Waals surface area contributed by atoms with Gasteiger partial charge < -0.3 is 10.5 Å². The standard InChI is InChI=1S/C14H18ClN3O/c1-4-7-18-14(13(16)10(3)17-18)19-12-8-9(2)5-6-11(12)15/h5-6,8H,4,7,16H2,1-3H3. The summed E-state index contributed by atoms with van der Waals surface area (Å²) in [5.41, 5.74) is 8.43. The lowest BCUT2D eigenvalue weighted by molar-refractivity contribution is 0.410. The zero-order valence-corrected chi connectivity index (χ0v) is 12.2. The molecule has 0 spiro atoms. The molecular weight excluding hydrogens is 262 g/mol. The van der Waals surface area contributed by atoms with Gasteiger partial charge in [-0.25, -0.2) is 4.68 Å². The maximum absolute atomic E-state index is 6.14. The molecule has 5 heteroatoms. The second-order valence-corrected chi connectivity index (χ2v) is 4.97. The molecule has 0 fully saturated rings. The number of aryl methyl sites for hydroxylation is 3. The fraction of sp³-hybridized carbons (Fsp3) is 0.357. The van der Waals surface area contributed by atoms with Gasteiger partial charge in [-0.1, -0.05) is 24.6 Å². The molecule has 1 aromatic heterocycles. The van der Waals surface area contributed by atoms with Crippen molar-refractivity contribution in [3.05, 3.63) is 34.5 Å². The lowest BCUT2D eigenvalue weighted by Gasteiger charge is -2.11. The van der Waals surface area contributed by atoms with Gasteiger partial charge >= 0.3 is 0 Å². The Morgan fingerprint density at radius 1 is 1.37 bits per heavy atom. The Balaban J connectivity index is 2.39. The van der Waals surface area contributed by atoms with Gasteiger partial charge in [-0.3, -0.25) is 0 Å². The minimum atomic E-state index is 0.561. The van der Waals surface area contributed by atoms with E-state index in [9.17, 15) is 0 Å². The van der Waals surface area contributed by atoms with Crippen LogP contribution in [0.4, 0.5) is 5.69 Å². The third kappa shape index (κ3) is 2.84. The van der Waals surface area contributed by atoms with Crippen molar-refractivity contribution in [2.24, 2.45) is 0 Å². The smallest absolute Gasteiger partial charge is 0.241 e. The van der Waals surface area contributed by atoms with E-state index in [0.29, 0.717) is 22.3 Å². The van der Waals surface area contributed by atoms with E-state index >= 15 is 0 Å². The van der Waals surface area contributed by atoms with Gasteiger partial charge in [0.2, 0.25) is 5.88 Å². The van der Waals surface area contributed by atoms with E-state index in [1.165, 1.54) is 0 Å². The van der Waals surface area contributed by atoms with Gasteiger partial charge in [-0.15, -0.1) is 0 Å². The molecule has 2 aromatic rings. The lowest BCUT2D eigenvalue weighted by atomic mass is 10.2. The Labute approximate surface area is 118 Å². The maximum Gasteiger partial charge on any atom is 0.241 e. The first-order valence-electron chi connectivity index (χ1n) is 6.29. The first-order valence-corrected chi connectivity index (χ1v) is 6.67. The predicted molar refractivity (Wildman–Crippen MR) is 77.9 cm³/mol. The SMILES string of the molecule is CCCn1nc(C)c(N)c1Oc1cc(C)ccc1Cl. The number of halogens is 1. The Hall–Kier alpha value is -1.68. The van der Waals surface area contributed by atoms with E-state index in [4.69, 9.17) is 22.1 Å². The summed E-state index contributed by atoms with van der Waals surface area (Å²) in [7, 11) is 0. The highest BCUT2D eigenvalue weighted by Gasteiger charge is 2.15. The summed E-state index contributed by atoms with van der Waals surface area (Å²) < 4.78 is 7.65. The normalized spacial score (nSPS) is 10.7. The van der Waals surface area contributed by atoms with Gasteiger partial charge in [0.05, 0.1) is 10.7 Å². The highest BCUT2D eigenvalue weighted by atomic mass is 35.5. The van der Waals surface area contributed by atoms with Crippen LogP contribution >= 0.6 is 11.6 Å². The van der Waals surface area contributed by atoms with Crippen molar-refractivity contribution in [2.75, 3.05) is 5.73 Å². The van der Waals surface area contributed by atoms with Gasteiger partial charge in [-0.2, -0.15) is 5.10 Å². The van der Waals surface area contributed by atoms with Crippen molar-refractivity contribution >= 4 is 17.3 Å². The number of nitrogen functional groups attached to an aromatic ring is 1. The Morgan fingerprint density at radius 3 is 2.79 bits per heavy atom. The second kappa shape index (κ2) is 5.53. The summed E-state index contributed by atoms with van der Waals surface area (Å²) >= 11 is 6.14. The summed E-state index contributed by atoms with van der Waals surface area (Å²) in [5, 5.41) is 4.93. The summed E-state index contributed by atoms with van der Waals surface area (Å²) in [6.07, 6.45) is 0.957. The van der Waals surface area contributed by atoms with E-state index in [0.717, 1.165) is 24.2 Å². The quantitative estimate of drug-likeness (QED) is 0.922. The van der Waals surface area contributed by atoms with Crippen LogP contribution in [0.5, 0.6) is 11.6 Å². The number of ether oxygens (including phenoxy) is 1. The van der Waals surface area contributed by atoms with Crippen molar-refractivity contribution < 1.29 is 4.74 Å². The van der Waals surface area contributed by atoms with Crippen molar-refractivity contribution in [1.82, 2.24) is 9.78 Å². The number of rotatable bonds is 4. The number of nitrogens with two attached hydrogens (primary N) is 1. The average Bonchev–Trinajstić information content (AvgIpc) is 2.62. The highest BCUT2D eigenvalue weighted by molar-refractivity contribution is 6.32. The van der Waals surface area contributed by atoms with Crippen LogP contribution in [0, 0.1) is 13.8 Å². The third-order valence-corrected chi connectivity index (χ3v) is 3.17. The van der Waals surface area contributed by atoms with Crippen LogP contribution < -0.4 is 10.5 Å². The molecule has 2 N–H and O–H groups in total. The fourth-order valence-corrected chi connectivity index (χ4v) is 1.99. The molecule has 0 atom stereocenters. The van der Waals surface area contributed by atoms with Crippen LogP contribution in [0.3, 0.4) is 0 Å². The monoisotopic (exact) mass is 279 g/mol. The first kappa shape index (κ1) is 13.7. The van der Waals surface area contributed by atoms with E-state index in [-0.39, 0.29) is 0 Å². The van der Waals surface area contributed by atoms with Crippen LogP contribution in [-0.2, 0) is 6.54 Å². The van der Waals surface area contributed by atoms with Gasteiger partial charge in [-0.05, 0) is 38.0 Å². The molecule has 0 aliphatic heterocycles. The molecule has 0 saturated heterocycles. The molecule has 0 aliphatic rings. The molecule has 0 saturated carbocycles. The Bertz CT molecular complexity index is 593. The van der Waals surface area contributed by atoms with Gasteiger partial charge in [0.1, 0.15) is 11.4 Å². The fourth-order valence-electron chi connectivity index (χ4n) is 1.84. The van der Waals surface area contributed by atoms with Crippen molar-refractivity contribution in [1.29, 1.82) is 0 Å². The van der Waals surface area contributed by atoms with E-state index in [1.54, 1.807) is 4.68 Å². The van der Waals surface area contributed by atoms with Crippen LogP contribution in [0.15, 0.2) is 18.2 Å². The molecule has 1 aromatic carbocycles. The van der Waals surface area contributed by atoms with Gasteiger partial charge in [0, 0.05) is 6.54 Å². The predicted octanol–water partition coefficient (Wildman–Crippen LogP) is 3.94. The average molecular weight is 280 g/mol. The minimum Gasteiger partial charge on any atom is -0.436 e. The zero-order valence-electron chi connectivity index (χ0n) is 11.4. The maximum atomic E-state index is 6.14. The summed E-state index contributed by atoms with van der Waals surface area (Å²) in [4.78, 5) is 0. The second-order valence-electron chi connectivity index (χ2n) is 4.56. The van der Waals surface area contributed by atoms with Crippen LogP contribution in [0.1, 0.15) is 24.6 Å². The number of hydrogen-bond acceptors (Lipinski definition) is 3. The summed E-state index contributed by atoms with van der Waals surface area (Å²) in [6.45, 7) is 6.70. The van der Waals surface area contributed by atoms with Crippen molar-refractivity contribution in [2.45, 2.75) is 33.7 Å². The van der Waals surface area contributed by atoms with E-state index in [1.807, 2.05) is 32.0 Å². The van der Waals surface area contributed by atoms with E-state index in [2.05, 4.69) is 12.0 Å². The molecule has 4 nitrogen and oxygen atoms in total. The highest BCUT2D eigenvalue weighted by Crippen LogP contribution is 2.34. The molecule has 1 heterocycles. The molecule has 0 bridgehead atoms. The van der Waals surface area contributed by atoms with Crippen LogP contribution in [0.2, 0.25) is 5.02 Å². The molecular formula is C14H18ClN3O. The molecule has 19 heavy (non-hydrogen) atoms. The number of anilines is 1. The van der Waals surface area contributed by atoms with Crippen molar-refractivity contribution in [3.8, 4) is 11.6 Å². The number of nitrogens with zero attached hydrogens (tertiary/aromatic N) is 2. The van der Waals surface area contributed by atoms with Crippen LogP contribution in [0.25, 0.3) is 0 Å². The Kier molecular flexibility index (Phi) is 4.00. The molecule has 2 rings (SSSR count). The third-order valence-electron chi connectivity index (χ3n) is 2.85. The molecule has 102 valence electrons. The van der Waals surface area contributed by atoms with E-state index < -0.39 is 0 Å². The molecule has 0 aliphatic carbocycles. The van der Waals surface area contributed by atoms with Crippen LogP contribution in [-0.4, -0.2) is 9.78 Å². The Morgan fingerprint density at radius 2 is 2.11 bits per heavy atom. The van der Waals surface area contributed by atoms with Gasteiger partial charge in [0.15, 0.2) is 0 Å². The minimum absolute atomic E-state index is 0.561. The number of aromatic nitrogens is 2. The zero-order chi connectivity index (χ0) is 14.0. The lowest BCUT2D eigenvalue weighted by Crippen LogP contribution is -2.03. The number of hydrogen-bond donors (Lipinski definition) is 1. The van der Waals surface area contributed by atoms with Gasteiger partial charge in [0.25, 0.3) is 0 Å². The molecule has 0 amide bonds. The van der Waals surface area contributed by atoms with Crippen molar-refractivity contribution in [3.63, 3.8) is 0 Å². The summed E-state index contributed by atoms with van der Waals surface area (Å²) in [5.74, 6) is 1.16. The molecule has 0 unspecified atom stereocenters. The topological polar surface area (TPSA) is 53.1 Å². The first-order chi connectivity index (χ1) is 9.02. The number of benzene rings is 1. The summed E-state index contributed by atoms with van der Waals surface area (Å²) in [6, 6.07) is 5.64. The largest absolute Gasteiger partial charge is 0.436 e. The molecule has 0 radical (unpaired) electrons.